The Morgan fingerprint density at radius 2 is 2.18 bits per heavy atom. The molecule has 1 aromatic heterocycles. The Bertz CT molecular complexity index is 214. The summed E-state index contributed by atoms with van der Waals surface area (Å²) in [6.45, 7) is 2.29. The summed E-state index contributed by atoms with van der Waals surface area (Å²) < 4.78 is 0. The van der Waals surface area contributed by atoms with Crippen LogP contribution >= 0.6 is 0 Å². The normalized spacial score (nSPS) is 23.8. The van der Waals surface area contributed by atoms with E-state index in [1.807, 2.05) is 12.4 Å². The Labute approximate surface area is 66.7 Å². The largest absolute Gasteiger partial charge is 0.316 e. The minimum absolute atomic E-state index is 0.720. The van der Waals surface area contributed by atoms with Gasteiger partial charge in [-0.3, -0.25) is 4.98 Å². The molecule has 0 aromatic carbocycles. The first-order chi connectivity index (χ1) is 5.47. The highest BCUT2D eigenvalue weighted by molar-refractivity contribution is 5.17. The van der Waals surface area contributed by atoms with E-state index in [1.54, 1.807) is 0 Å². The lowest BCUT2D eigenvalue weighted by molar-refractivity contribution is 0.761. The van der Waals surface area contributed by atoms with Gasteiger partial charge in [0.25, 0.3) is 0 Å². The number of hydrogen-bond donors (Lipinski definition) is 1. The van der Waals surface area contributed by atoms with Gasteiger partial charge >= 0.3 is 0 Å². The molecule has 0 aliphatic carbocycles. The van der Waals surface area contributed by atoms with E-state index in [0.717, 1.165) is 19.0 Å². The summed E-state index contributed by atoms with van der Waals surface area (Å²) >= 11 is 0. The molecule has 58 valence electrons. The third-order valence-corrected chi connectivity index (χ3v) is 2.24. The second-order valence-electron chi connectivity index (χ2n) is 2.97. The SMILES string of the molecule is c1cc([C@H]2CCNC2)ccn1. The first kappa shape index (κ1) is 6.80. The monoisotopic (exact) mass is 148 g/mol. The highest BCUT2D eigenvalue weighted by Crippen LogP contribution is 2.20. The lowest BCUT2D eigenvalue weighted by atomic mass is 10.0. The molecule has 2 rings (SSSR count). The van der Waals surface area contributed by atoms with Gasteiger partial charge in [0.2, 0.25) is 0 Å². The van der Waals surface area contributed by atoms with Crippen molar-refractivity contribution >= 4 is 0 Å². The van der Waals surface area contributed by atoms with Gasteiger partial charge in [-0.1, -0.05) is 0 Å². The molecule has 1 N–H and O–H groups in total. The fourth-order valence-electron chi connectivity index (χ4n) is 1.57. The molecule has 0 saturated carbocycles. The van der Waals surface area contributed by atoms with Gasteiger partial charge in [0, 0.05) is 18.9 Å². The number of nitrogens with zero attached hydrogens (tertiary/aromatic N) is 1. The average Bonchev–Trinajstić information content (AvgIpc) is 2.58. The highest BCUT2D eigenvalue weighted by Gasteiger charge is 2.15. The molecular weight excluding hydrogens is 136 g/mol. The van der Waals surface area contributed by atoms with Gasteiger partial charge in [0.1, 0.15) is 0 Å². The van der Waals surface area contributed by atoms with Crippen molar-refractivity contribution in [2.75, 3.05) is 13.1 Å². The quantitative estimate of drug-likeness (QED) is 0.646. The third kappa shape index (κ3) is 1.40. The van der Waals surface area contributed by atoms with E-state index in [2.05, 4.69) is 22.4 Å². The first-order valence-corrected chi connectivity index (χ1v) is 4.07. The fraction of sp³-hybridized carbons (Fsp3) is 0.444. The van der Waals surface area contributed by atoms with Crippen molar-refractivity contribution in [2.45, 2.75) is 12.3 Å². The Balaban J connectivity index is 2.16. The molecule has 11 heavy (non-hydrogen) atoms. The van der Waals surface area contributed by atoms with E-state index < -0.39 is 0 Å². The van der Waals surface area contributed by atoms with Crippen LogP contribution in [0.1, 0.15) is 17.9 Å². The molecule has 0 amide bonds. The molecule has 1 aliphatic heterocycles. The van der Waals surface area contributed by atoms with Gasteiger partial charge in [0.15, 0.2) is 0 Å². The zero-order valence-electron chi connectivity index (χ0n) is 6.46. The van der Waals surface area contributed by atoms with E-state index in [9.17, 15) is 0 Å². The molecule has 2 heteroatoms. The standard InChI is InChI=1S/C9H12N2/c1-4-10-5-2-8(1)9-3-6-11-7-9/h1-2,4-5,9,11H,3,6-7H2/t9-/m0/s1. The van der Waals surface area contributed by atoms with Crippen LogP contribution in [0.2, 0.25) is 0 Å². The van der Waals surface area contributed by atoms with Crippen molar-refractivity contribution in [3.05, 3.63) is 30.1 Å². The van der Waals surface area contributed by atoms with Crippen molar-refractivity contribution in [3.63, 3.8) is 0 Å². The third-order valence-electron chi connectivity index (χ3n) is 2.24. The predicted octanol–water partition coefficient (Wildman–Crippen LogP) is 1.16. The molecular formula is C9H12N2. The van der Waals surface area contributed by atoms with Gasteiger partial charge in [0.05, 0.1) is 0 Å². The van der Waals surface area contributed by atoms with Gasteiger partial charge < -0.3 is 5.32 Å². The van der Waals surface area contributed by atoms with E-state index in [1.165, 1.54) is 12.0 Å². The number of rotatable bonds is 1. The lowest BCUT2D eigenvalue weighted by Gasteiger charge is -2.06. The Kier molecular flexibility index (Phi) is 1.86. The Morgan fingerprint density at radius 1 is 1.36 bits per heavy atom. The number of aromatic nitrogens is 1. The summed E-state index contributed by atoms with van der Waals surface area (Å²) in [7, 11) is 0. The second-order valence-corrected chi connectivity index (χ2v) is 2.97. The summed E-state index contributed by atoms with van der Waals surface area (Å²) in [6.07, 6.45) is 5.01. The van der Waals surface area contributed by atoms with Crippen LogP contribution in [0.3, 0.4) is 0 Å². The topological polar surface area (TPSA) is 24.9 Å². The summed E-state index contributed by atoms with van der Waals surface area (Å²) in [4.78, 5) is 4.00. The maximum atomic E-state index is 4.00. The summed E-state index contributed by atoms with van der Waals surface area (Å²) in [5.41, 5.74) is 1.42. The molecule has 0 bridgehead atoms. The van der Waals surface area contributed by atoms with E-state index in [4.69, 9.17) is 0 Å². The van der Waals surface area contributed by atoms with Crippen molar-refractivity contribution in [1.29, 1.82) is 0 Å². The molecule has 2 nitrogen and oxygen atoms in total. The molecule has 0 radical (unpaired) electrons. The number of nitrogens with one attached hydrogen (secondary N) is 1. The van der Waals surface area contributed by atoms with Crippen LogP contribution in [0, 0.1) is 0 Å². The van der Waals surface area contributed by atoms with Crippen molar-refractivity contribution in [1.82, 2.24) is 10.3 Å². The van der Waals surface area contributed by atoms with Gasteiger partial charge in [-0.25, -0.2) is 0 Å². The first-order valence-electron chi connectivity index (χ1n) is 4.07. The fourth-order valence-corrected chi connectivity index (χ4v) is 1.57. The van der Waals surface area contributed by atoms with Gasteiger partial charge in [-0.05, 0) is 36.6 Å². The smallest absolute Gasteiger partial charge is 0.0270 e. The van der Waals surface area contributed by atoms with Crippen LogP contribution in [0.4, 0.5) is 0 Å². The van der Waals surface area contributed by atoms with E-state index in [0.29, 0.717) is 0 Å². The van der Waals surface area contributed by atoms with E-state index >= 15 is 0 Å². The lowest BCUT2D eigenvalue weighted by Crippen LogP contribution is -2.07. The Hall–Kier alpha value is -0.890. The summed E-state index contributed by atoms with van der Waals surface area (Å²) in [6, 6.07) is 4.22. The van der Waals surface area contributed by atoms with Crippen molar-refractivity contribution < 1.29 is 0 Å². The van der Waals surface area contributed by atoms with Crippen molar-refractivity contribution in [3.8, 4) is 0 Å². The van der Waals surface area contributed by atoms with Crippen LogP contribution in [0.25, 0.3) is 0 Å². The van der Waals surface area contributed by atoms with Gasteiger partial charge in [-0.15, -0.1) is 0 Å². The van der Waals surface area contributed by atoms with Crippen molar-refractivity contribution in [2.24, 2.45) is 0 Å². The Morgan fingerprint density at radius 3 is 2.82 bits per heavy atom. The molecule has 1 aromatic rings. The van der Waals surface area contributed by atoms with Crippen LogP contribution < -0.4 is 5.32 Å². The minimum atomic E-state index is 0.720. The highest BCUT2D eigenvalue weighted by atomic mass is 14.9. The van der Waals surface area contributed by atoms with Gasteiger partial charge in [-0.2, -0.15) is 0 Å². The predicted molar refractivity (Wildman–Crippen MR) is 44.5 cm³/mol. The number of hydrogen-bond acceptors (Lipinski definition) is 2. The van der Waals surface area contributed by atoms with Crippen LogP contribution in [0.15, 0.2) is 24.5 Å². The minimum Gasteiger partial charge on any atom is -0.316 e. The zero-order valence-corrected chi connectivity index (χ0v) is 6.46. The maximum absolute atomic E-state index is 4.00. The second kappa shape index (κ2) is 3.01. The molecule has 1 fully saturated rings. The molecule has 2 heterocycles. The molecule has 0 spiro atoms. The molecule has 1 aliphatic rings. The zero-order chi connectivity index (χ0) is 7.52. The summed E-state index contributed by atoms with van der Waals surface area (Å²) in [5, 5.41) is 3.35. The average molecular weight is 148 g/mol. The molecule has 1 saturated heterocycles. The van der Waals surface area contributed by atoms with Crippen LogP contribution in [0.5, 0.6) is 0 Å². The van der Waals surface area contributed by atoms with Crippen LogP contribution in [-0.2, 0) is 0 Å². The number of pyridine rings is 1. The van der Waals surface area contributed by atoms with E-state index in [-0.39, 0.29) is 0 Å². The molecule has 0 unspecified atom stereocenters. The molecule has 1 atom stereocenters. The van der Waals surface area contributed by atoms with Crippen LogP contribution in [-0.4, -0.2) is 18.1 Å². The maximum Gasteiger partial charge on any atom is 0.0270 e. The summed E-state index contributed by atoms with van der Waals surface area (Å²) in [5.74, 6) is 0.720.